The summed E-state index contributed by atoms with van der Waals surface area (Å²) < 4.78 is 28.1. The van der Waals surface area contributed by atoms with Gasteiger partial charge in [0, 0.05) is 27.5 Å². The van der Waals surface area contributed by atoms with Gasteiger partial charge in [-0.25, -0.2) is 13.8 Å². The number of carbonyl (C=O) groups is 1. The number of sulfonamides is 1. The van der Waals surface area contributed by atoms with E-state index in [9.17, 15) is 13.2 Å². The second-order valence-corrected chi connectivity index (χ2v) is 11.5. The Morgan fingerprint density at radius 2 is 1.68 bits per heavy atom. The van der Waals surface area contributed by atoms with Gasteiger partial charge in [0.1, 0.15) is 0 Å². The third-order valence-corrected chi connectivity index (χ3v) is 7.67. The van der Waals surface area contributed by atoms with Gasteiger partial charge in [-0.2, -0.15) is 5.10 Å². The van der Waals surface area contributed by atoms with E-state index in [2.05, 4.69) is 10.5 Å². The highest BCUT2D eigenvalue weighted by atomic mass is 35.5. The molecular formula is C28H26Cl2N4O3S. The molecule has 0 spiro atoms. The SMILES string of the molecule is Cc1cc(/C=N\NC(=O)c2ccc(N(Cc3ccccc3)S(C)(=O)=O)cc2)c(C)n1-c1cc(Cl)ccc1Cl. The number of hydrogen-bond donors (Lipinski definition) is 1. The van der Waals surface area contributed by atoms with E-state index in [1.807, 2.05) is 54.8 Å². The number of hydrogen-bond acceptors (Lipinski definition) is 4. The third-order valence-electron chi connectivity index (χ3n) is 5.98. The Kier molecular flexibility index (Phi) is 8.26. The summed E-state index contributed by atoms with van der Waals surface area (Å²) in [5.74, 6) is -0.423. The van der Waals surface area contributed by atoms with Gasteiger partial charge in [-0.15, -0.1) is 0 Å². The number of aryl methyl sites for hydroxylation is 1. The molecule has 1 heterocycles. The predicted octanol–water partition coefficient (Wildman–Crippen LogP) is 6.13. The van der Waals surface area contributed by atoms with Gasteiger partial charge >= 0.3 is 0 Å². The van der Waals surface area contributed by atoms with Crippen molar-refractivity contribution in [1.82, 2.24) is 9.99 Å². The van der Waals surface area contributed by atoms with E-state index in [0.29, 0.717) is 21.3 Å². The van der Waals surface area contributed by atoms with Crippen molar-refractivity contribution in [3.63, 3.8) is 0 Å². The van der Waals surface area contributed by atoms with Crippen molar-refractivity contribution in [2.75, 3.05) is 10.6 Å². The number of benzene rings is 3. The van der Waals surface area contributed by atoms with Gasteiger partial charge in [0.15, 0.2) is 0 Å². The second-order valence-electron chi connectivity index (χ2n) is 8.76. The van der Waals surface area contributed by atoms with E-state index in [4.69, 9.17) is 23.2 Å². The molecule has 7 nitrogen and oxygen atoms in total. The van der Waals surface area contributed by atoms with Crippen LogP contribution in [0.1, 0.15) is 32.9 Å². The van der Waals surface area contributed by atoms with Crippen molar-refractivity contribution < 1.29 is 13.2 Å². The first-order valence-electron chi connectivity index (χ1n) is 11.6. The molecule has 0 aliphatic rings. The summed E-state index contributed by atoms with van der Waals surface area (Å²) in [5, 5.41) is 5.25. The quantitative estimate of drug-likeness (QED) is 0.205. The molecule has 4 aromatic rings. The minimum atomic E-state index is -3.53. The molecule has 0 aliphatic carbocycles. The number of hydrazone groups is 1. The molecule has 0 saturated heterocycles. The van der Waals surface area contributed by atoms with Crippen LogP contribution in [0.3, 0.4) is 0 Å². The molecular weight excluding hydrogens is 543 g/mol. The molecule has 0 atom stereocenters. The zero-order valence-corrected chi connectivity index (χ0v) is 23.3. The molecule has 1 aromatic heterocycles. The van der Waals surface area contributed by atoms with E-state index in [1.54, 1.807) is 48.7 Å². The maximum atomic E-state index is 12.7. The fraction of sp³-hybridized carbons (Fsp3) is 0.143. The van der Waals surface area contributed by atoms with Crippen molar-refractivity contribution in [3.8, 4) is 5.69 Å². The van der Waals surface area contributed by atoms with Crippen molar-refractivity contribution in [3.05, 3.63) is 117 Å². The average molecular weight is 570 g/mol. The van der Waals surface area contributed by atoms with Crippen LogP contribution in [0.2, 0.25) is 10.0 Å². The number of nitrogens with zero attached hydrogens (tertiary/aromatic N) is 3. The summed E-state index contributed by atoms with van der Waals surface area (Å²) in [4.78, 5) is 12.7. The van der Waals surface area contributed by atoms with Crippen LogP contribution < -0.4 is 9.73 Å². The van der Waals surface area contributed by atoms with E-state index < -0.39 is 15.9 Å². The standard InChI is InChI=1S/C28H26Cl2N4O3S/c1-19-15-23(20(2)34(19)27-16-24(29)11-14-26(27)30)17-31-32-28(35)22-9-12-25(13-10-22)33(38(3,36)37)18-21-7-5-4-6-8-21/h4-17H,18H2,1-3H3,(H,32,35)/b31-17-. The molecule has 0 fully saturated rings. The van der Waals surface area contributed by atoms with Crippen molar-refractivity contribution in [2.45, 2.75) is 20.4 Å². The molecule has 0 radical (unpaired) electrons. The van der Waals surface area contributed by atoms with Crippen LogP contribution in [0.5, 0.6) is 0 Å². The van der Waals surface area contributed by atoms with Crippen LogP contribution in [0, 0.1) is 13.8 Å². The lowest BCUT2D eigenvalue weighted by atomic mass is 10.2. The van der Waals surface area contributed by atoms with E-state index in [0.717, 1.165) is 34.5 Å². The van der Waals surface area contributed by atoms with Crippen LogP contribution in [0.4, 0.5) is 5.69 Å². The van der Waals surface area contributed by atoms with Crippen LogP contribution in [-0.4, -0.2) is 31.4 Å². The van der Waals surface area contributed by atoms with Gasteiger partial charge < -0.3 is 4.57 Å². The first kappa shape index (κ1) is 27.4. The van der Waals surface area contributed by atoms with Gasteiger partial charge in [-0.1, -0.05) is 53.5 Å². The van der Waals surface area contributed by atoms with Gasteiger partial charge in [0.05, 0.1) is 35.4 Å². The lowest BCUT2D eigenvalue weighted by molar-refractivity contribution is 0.0955. The largest absolute Gasteiger partial charge is 0.316 e. The summed E-state index contributed by atoms with van der Waals surface area (Å²) in [6.07, 6.45) is 2.72. The summed E-state index contributed by atoms with van der Waals surface area (Å²) in [7, 11) is -3.53. The fourth-order valence-electron chi connectivity index (χ4n) is 4.10. The summed E-state index contributed by atoms with van der Waals surface area (Å²) >= 11 is 12.5. The van der Waals surface area contributed by atoms with Crippen LogP contribution in [0.25, 0.3) is 5.69 Å². The Bertz CT molecular complexity index is 1600. The Hall–Kier alpha value is -3.59. The summed E-state index contributed by atoms with van der Waals surface area (Å²) in [6.45, 7) is 4.06. The number of rotatable bonds is 8. The fourth-order valence-corrected chi connectivity index (χ4v) is 5.36. The number of aromatic nitrogens is 1. The van der Waals surface area contributed by atoms with E-state index in [-0.39, 0.29) is 6.54 Å². The van der Waals surface area contributed by atoms with Gasteiger partial charge in [0.2, 0.25) is 10.0 Å². The monoisotopic (exact) mass is 568 g/mol. The zero-order chi connectivity index (χ0) is 27.4. The Labute approximate surface area is 232 Å². The Morgan fingerprint density at radius 1 is 1.00 bits per heavy atom. The first-order valence-corrected chi connectivity index (χ1v) is 14.2. The first-order chi connectivity index (χ1) is 18.0. The van der Waals surface area contributed by atoms with Crippen molar-refractivity contribution >= 4 is 51.0 Å². The highest BCUT2D eigenvalue weighted by Gasteiger charge is 2.18. The zero-order valence-electron chi connectivity index (χ0n) is 21.0. The molecule has 0 bridgehead atoms. The molecule has 3 aromatic carbocycles. The number of anilines is 1. The molecule has 1 amide bonds. The van der Waals surface area contributed by atoms with E-state index >= 15 is 0 Å². The maximum Gasteiger partial charge on any atom is 0.271 e. The van der Waals surface area contributed by atoms with Gasteiger partial charge in [-0.3, -0.25) is 9.10 Å². The van der Waals surface area contributed by atoms with Crippen molar-refractivity contribution in [1.29, 1.82) is 0 Å². The highest BCUT2D eigenvalue weighted by molar-refractivity contribution is 7.92. The van der Waals surface area contributed by atoms with Gasteiger partial charge in [0.25, 0.3) is 5.91 Å². The minimum absolute atomic E-state index is 0.189. The summed E-state index contributed by atoms with van der Waals surface area (Å²) in [5.41, 5.74) is 7.56. The molecule has 10 heteroatoms. The number of halogens is 2. The predicted molar refractivity (Wildman–Crippen MR) is 154 cm³/mol. The Balaban J connectivity index is 1.48. The van der Waals surface area contributed by atoms with Crippen LogP contribution >= 0.6 is 23.2 Å². The minimum Gasteiger partial charge on any atom is -0.316 e. The molecule has 0 aliphatic heterocycles. The smallest absolute Gasteiger partial charge is 0.271 e. The van der Waals surface area contributed by atoms with E-state index in [1.165, 1.54) is 4.31 Å². The second kappa shape index (κ2) is 11.4. The molecule has 38 heavy (non-hydrogen) atoms. The van der Waals surface area contributed by atoms with Crippen LogP contribution in [0.15, 0.2) is 84.0 Å². The molecule has 1 N–H and O–H groups in total. The highest BCUT2D eigenvalue weighted by Crippen LogP contribution is 2.28. The number of carbonyl (C=O) groups excluding carboxylic acids is 1. The molecule has 0 unspecified atom stereocenters. The lowest BCUT2D eigenvalue weighted by Gasteiger charge is -2.22. The summed E-state index contributed by atoms with van der Waals surface area (Å²) in [6, 6.07) is 22.8. The molecule has 0 saturated carbocycles. The number of amides is 1. The maximum absolute atomic E-state index is 12.7. The van der Waals surface area contributed by atoms with Crippen molar-refractivity contribution in [2.24, 2.45) is 5.10 Å². The normalized spacial score (nSPS) is 11.6. The average Bonchev–Trinajstić information content (AvgIpc) is 3.16. The molecule has 196 valence electrons. The topological polar surface area (TPSA) is 83.8 Å². The van der Waals surface area contributed by atoms with Crippen LogP contribution in [-0.2, 0) is 16.6 Å². The Morgan fingerprint density at radius 3 is 2.34 bits per heavy atom. The molecule has 4 rings (SSSR count). The number of nitrogens with one attached hydrogen (secondary N) is 1. The lowest BCUT2D eigenvalue weighted by Crippen LogP contribution is -2.29. The van der Waals surface area contributed by atoms with Gasteiger partial charge in [-0.05, 0) is 67.9 Å². The third kappa shape index (κ3) is 6.27.